The Labute approximate surface area is 151 Å². The molecule has 4 heteroatoms. The van der Waals surface area contributed by atoms with E-state index >= 15 is 0 Å². The Morgan fingerprint density at radius 3 is 2.88 bits per heavy atom. The second kappa shape index (κ2) is 5.70. The zero-order valence-corrected chi connectivity index (χ0v) is 14.2. The molecule has 0 radical (unpaired) electrons. The molecule has 2 N–H and O–H groups in total. The average molecular weight is 342 g/mol. The highest BCUT2D eigenvalue weighted by Gasteiger charge is 2.36. The van der Waals surface area contributed by atoms with Gasteiger partial charge in [0.05, 0.1) is 5.52 Å². The molecule has 2 aliphatic rings. The van der Waals surface area contributed by atoms with Crippen molar-refractivity contribution >= 4 is 22.4 Å². The Bertz CT molecular complexity index is 1080. The maximum atomic E-state index is 12.9. The van der Waals surface area contributed by atoms with Gasteiger partial charge in [0.2, 0.25) is 0 Å². The van der Waals surface area contributed by atoms with Gasteiger partial charge in [0, 0.05) is 40.9 Å². The third-order valence-electron chi connectivity index (χ3n) is 5.35. The molecule has 1 aliphatic carbocycles. The summed E-state index contributed by atoms with van der Waals surface area (Å²) < 4.78 is 0. The zero-order valence-electron chi connectivity index (χ0n) is 14.2. The number of pyridine rings is 1. The lowest BCUT2D eigenvalue weighted by Gasteiger charge is -2.34. The number of fused-ring (bicyclic) bond motifs is 3. The largest absolute Gasteiger partial charge is 0.508 e. The topological polar surface area (TPSA) is 62.2 Å². The smallest absolute Gasteiger partial charge is 0.161 e. The van der Waals surface area contributed by atoms with Crippen molar-refractivity contribution < 1.29 is 9.90 Å². The first-order valence-electron chi connectivity index (χ1n) is 8.92. The molecular weight excluding hydrogens is 324 g/mol. The maximum absolute atomic E-state index is 12.9. The standard InChI is InChI=1S/C22H18N2O2/c25-14-5-1-4-13(12-14)20-21-15-6-3-11-23-16(15)9-10-18(21)24-17-7-2-8-19(26)22(17)20/h1,3-6,9-12,20,24-25H,2,7-8H2/t20-/m0/s1. The first-order chi connectivity index (χ1) is 12.7. The van der Waals surface area contributed by atoms with Crippen molar-refractivity contribution in [2.45, 2.75) is 25.2 Å². The summed E-state index contributed by atoms with van der Waals surface area (Å²) in [6.45, 7) is 0. The van der Waals surface area contributed by atoms with Crippen LogP contribution in [0.2, 0.25) is 0 Å². The van der Waals surface area contributed by atoms with Gasteiger partial charge in [-0.3, -0.25) is 9.78 Å². The van der Waals surface area contributed by atoms with Crippen molar-refractivity contribution in [2.24, 2.45) is 0 Å². The third kappa shape index (κ3) is 2.22. The Balaban J connectivity index is 1.85. The number of benzene rings is 2. The van der Waals surface area contributed by atoms with Crippen molar-refractivity contribution in [1.29, 1.82) is 0 Å². The van der Waals surface area contributed by atoms with E-state index < -0.39 is 0 Å². The minimum Gasteiger partial charge on any atom is -0.508 e. The van der Waals surface area contributed by atoms with Crippen LogP contribution in [0.15, 0.2) is 66.0 Å². The molecule has 5 rings (SSSR count). The van der Waals surface area contributed by atoms with Gasteiger partial charge in [-0.1, -0.05) is 18.2 Å². The fourth-order valence-electron chi connectivity index (χ4n) is 4.27. The monoisotopic (exact) mass is 342 g/mol. The van der Waals surface area contributed by atoms with E-state index in [9.17, 15) is 9.90 Å². The van der Waals surface area contributed by atoms with Crippen LogP contribution in [0.25, 0.3) is 10.9 Å². The van der Waals surface area contributed by atoms with Crippen molar-refractivity contribution in [3.8, 4) is 5.75 Å². The molecule has 2 aromatic carbocycles. The molecular formula is C22H18N2O2. The van der Waals surface area contributed by atoms with Crippen LogP contribution in [0.4, 0.5) is 5.69 Å². The van der Waals surface area contributed by atoms with Crippen LogP contribution in [0.3, 0.4) is 0 Å². The summed E-state index contributed by atoms with van der Waals surface area (Å²) in [6, 6.07) is 15.3. The van der Waals surface area contributed by atoms with E-state index in [1.165, 1.54) is 0 Å². The van der Waals surface area contributed by atoms with E-state index in [4.69, 9.17) is 0 Å². The molecule has 26 heavy (non-hydrogen) atoms. The van der Waals surface area contributed by atoms with Crippen LogP contribution in [0, 0.1) is 0 Å². The van der Waals surface area contributed by atoms with Crippen LogP contribution in [-0.4, -0.2) is 15.9 Å². The van der Waals surface area contributed by atoms with Gasteiger partial charge in [-0.25, -0.2) is 0 Å². The van der Waals surface area contributed by atoms with E-state index in [0.717, 1.165) is 51.8 Å². The van der Waals surface area contributed by atoms with Crippen LogP contribution < -0.4 is 5.32 Å². The predicted octanol–water partition coefficient (Wildman–Crippen LogP) is 4.50. The molecule has 0 bridgehead atoms. The minimum atomic E-state index is -0.186. The van der Waals surface area contributed by atoms with Crippen molar-refractivity contribution in [2.75, 3.05) is 5.32 Å². The Hall–Kier alpha value is -3.14. The highest BCUT2D eigenvalue weighted by molar-refractivity contribution is 6.03. The summed E-state index contributed by atoms with van der Waals surface area (Å²) in [5.41, 5.74) is 5.79. The first kappa shape index (κ1) is 15.1. The lowest BCUT2D eigenvalue weighted by molar-refractivity contribution is -0.116. The number of rotatable bonds is 1. The number of allylic oxidation sites excluding steroid dienone is 2. The first-order valence-corrected chi connectivity index (χ1v) is 8.92. The number of ketones is 1. The number of Topliss-reactive ketones (excluding diaryl/α,β-unsaturated/α-hetero) is 1. The second-order valence-corrected chi connectivity index (χ2v) is 6.92. The van der Waals surface area contributed by atoms with E-state index in [1.807, 2.05) is 30.3 Å². The molecule has 1 aliphatic heterocycles. The average Bonchev–Trinajstić information content (AvgIpc) is 2.66. The van der Waals surface area contributed by atoms with Gasteiger partial charge in [0.1, 0.15) is 5.75 Å². The number of phenols is 1. The normalized spacial score (nSPS) is 19.1. The number of aromatic hydroxyl groups is 1. The van der Waals surface area contributed by atoms with E-state index in [-0.39, 0.29) is 17.5 Å². The molecule has 1 aromatic heterocycles. The highest BCUT2D eigenvalue weighted by Crippen LogP contribution is 2.48. The molecule has 0 fully saturated rings. The number of hydrogen-bond acceptors (Lipinski definition) is 4. The molecule has 3 aromatic rings. The quantitative estimate of drug-likeness (QED) is 0.683. The second-order valence-electron chi connectivity index (χ2n) is 6.92. The Morgan fingerprint density at radius 2 is 2.00 bits per heavy atom. The summed E-state index contributed by atoms with van der Waals surface area (Å²) in [6.07, 6.45) is 4.11. The molecule has 128 valence electrons. The summed E-state index contributed by atoms with van der Waals surface area (Å²) in [7, 11) is 0. The molecule has 4 nitrogen and oxygen atoms in total. The number of nitrogens with zero attached hydrogens (tertiary/aromatic N) is 1. The predicted molar refractivity (Wildman–Crippen MR) is 101 cm³/mol. The van der Waals surface area contributed by atoms with Crippen molar-refractivity contribution in [1.82, 2.24) is 4.98 Å². The van der Waals surface area contributed by atoms with Gasteiger partial charge < -0.3 is 10.4 Å². The zero-order chi connectivity index (χ0) is 17.7. The fraction of sp³-hybridized carbons (Fsp3) is 0.182. The number of carbonyl (C=O) groups excluding carboxylic acids is 1. The van der Waals surface area contributed by atoms with E-state index in [2.05, 4.69) is 16.4 Å². The van der Waals surface area contributed by atoms with E-state index in [1.54, 1.807) is 18.3 Å². The van der Waals surface area contributed by atoms with Crippen LogP contribution >= 0.6 is 0 Å². The van der Waals surface area contributed by atoms with Crippen LogP contribution in [0.5, 0.6) is 5.75 Å². The lowest BCUT2D eigenvalue weighted by Crippen LogP contribution is -2.27. The number of phenolic OH excluding ortho intramolecular Hbond substituents is 1. The fourth-order valence-corrected chi connectivity index (χ4v) is 4.27. The van der Waals surface area contributed by atoms with Gasteiger partial charge in [-0.15, -0.1) is 0 Å². The summed E-state index contributed by atoms with van der Waals surface area (Å²) in [5, 5.41) is 14.6. The highest BCUT2D eigenvalue weighted by atomic mass is 16.3. The summed E-state index contributed by atoms with van der Waals surface area (Å²) in [4.78, 5) is 17.3. The molecule has 0 saturated carbocycles. The summed E-state index contributed by atoms with van der Waals surface area (Å²) in [5.74, 6) is 0.221. The minimum absolute atomic E-state index is 0.186. The number of anilines is 1. The van der Waals surface area contributed by atoms with Gasteiger partial charge >= 0.3 is 0 Å². The molecule has 0 amide bonds. The number of hydrogen-bond donors (Lipinski definition) is 2. The third-order valence-corrected chi connectivity index (χ3v) is 5.35. The number of nitrogens with one attached hydrogen (secondary N) is 1. The SMILES string of the molecule is O=C1CCCC2=C1[C@@H](c1cccc(O)c1)c1c(ccc3ncccc13)N2. The maximum Gasteiger partial charge on any atom is 0.161 e. The lowest BCUT2D eigenvalue weighted by atomic mass is 9.74. The molecule has 0 saturated heterocycles. The number of carbonyl (C=O) groups is 1. The summed E-state index contributed by atoms with van der Waals surface area (Å²) >= 11 is 0. The van der Waals surface area contributed by atoms with Crippen LogP contribution in [0.1, 0.15) is 36.3 Å². The van der Waals surface area contributed by atoms with Crippen LogP contribution in [-0.2, 0) is 4.79 Å². The molecule has 0 spiro atoms. The molecule has 1 atom stereocenters. The van der Waals surface area contributed by atoms with Gasteiger partial charge in [0.25, 0.3) is 0 Å². The van der Waals surface area contributed by atoms with Gasteiger partial charge in [-0.05, 0) is 54.3 Å². The molecule has 2 heterocycles. The van der Waals surface area contributed by atoms with Gasteiger partial charge in [-0.2, -0.15) is 0 Å². The Morgan fingerprint density at radius 1 is 1.08 bits per heavy atom. The number of aromatic nitrogens is 1. The van der Waals surface area contributed by atoms with Crippen molar-refractivity contribution in [3.63, 3.8) is 0 Å². The van der Waals surface area contributed by atoms with Crippen molar-refractivity contribution in [3.05, 3.63) is 77.1 Å². The van der Waals surface area contributed by atoms with E-state index in [0.29, 0.717) is 6.42 Å². The van der Waals surface area contributed by atoms with Gasteiger partial charge in [0.15, 0.2) is 5.78 Å². The molecule has 0 unspecified atom stereocenters. The Kier molecular flexibility index (Phi) is 3.32.